The fourth-order valence-corrected chi connectivity index (χ4v) is 6.26. The lowest BCUT2D eigenvalue weighted by atomic mass is 9.81. The first-order chi connectivity index (χ1) is 19.2. The number of hydrogen-bond donors (Lipinski definition) is 1. The molecule has 1 aromatic heterocycles. The van der Waals surface area contributed by atoms with Crippen LogP contribution in [0.25, 0.3) is 0 Å². The van der Waals surface area contributed by atoms with Gasteiger partial charge in [-0.2, -0.15) is 13.2 Å². The first-order valence-corrected chi connectivity index (χ1v) is 14.1. The fraction of sp³-hybridized carbons (Fsp3) is 0.500. The van der Waals surface area contributed by atoms with Crippen molar-refractivity contribution in [1.82, 2.24) is 25.0 Å². The van der Waals surface area contributed by atoms with Gasteiger partial charge in [0.1, 0.15) is 12.2 Å². The molecular formula is C30H35F3N6O. The number of aromatic nitrogens is 3. The van der Waals surface area contributed by atoms with Gasteiger partial charge < -0.3 is 14.8 Å². The average molecular weight is 553 g/mol. The minimum Gasteiger partial charge on any atom is -0.321 e. The van der Waals surface area contributed by atoms with Crippen molar-refractivity contribution < 1.29 is 18.0 Å². The van der Waals surface area contributed by atoms with Crippen molar-refractivity contribution >= 4 is 11.6 Å². The molecule has 212 valence electrons. The van der Waals surface area contributed by atoms with Gasteiger partial charge >= 0.3 is 6.18 Å². The van der Waals surface area contributed by atoms with Crippen molar-refractivity contribution in [1.29, 1.82) is 0 Å². The van der Waals surface area contributed by atoms with Gasteiger partial charge in [0, 0.05) is 56.3 Å². The largest absolute Gasteiger partial charge is 0.416 e. The topological polar surface area (TPSA) is 66.3 Å². The summed E-state index contributed by atoms with van der Waals surface area (Å²) in [4.78, 5) is 16.6. The van der Waals surface area contributed by atoms with Crippen LogP contribution in [0, 0.1) is 11.3 Å². The molecule has 0 atom stereocenters. The molecule has 40 heavy (non-hydrogen) atoms. The first-order valence-electron chi connectivity index (χ1n) is 14.1. The molecule has 3 aromatic rings. The van der Waals surface area contributed by atoms with E-state index in [9.17, 15) is 18.0 Å². The molecule has 2 saturated heterocycles. The summed E-state index contributed by atoms with van der Waals surface area (Å²) >= 11 is 0. The molecule has 1 aliphatic carbocycles. The van der Waals surface area contributed by atoms with Crippen LogP contribution in [0.2, 0.25) is 0 Å². The molecule has 0 bridgehead atoms. The molecule has 4 heterocycles. The third kappa shape index (κ3) is 5.39. The summed E-state index contributed by atoms with van der Waals surface area (Å²) in [6.45, 7) is 4.12. The molecule has 4 aliphatic rings. The Bertz CT molecular complexity index is 1360. The summed E-state index contributed by atoms with van der Waals surface area (Å²) in [5, 5.41) is 11.2. The van der Waals surface area contributed by atoms with Gasteiger partial charge in [0.15, 0.2) is 0 Å². The number of para-hydroxylation sites is 1. The van der Waals surface area contributed by atoms with Gasteiger partial charge in [0.25, 0.3) is 5.91 Å². The zero-order chi connectivity index (χ0) is 27.9. The number of rotatable bonds is 5. The minimum atomic E-state index is -4.49. The predicted octanol–water partition coefficient (Wildman–Crippen LogP) is 4.82. The Hall–Kier alpha value is -3.24. The molecular weight excluding hydrogens is 517 g/mol. The number of amides is 1. The second kappa shape index (κ2) is 10.6. The Kier molecular flexibility index (Phi) is 7.16. The average Bonchev–Trinajstić information content (AvgIpc) is 3.59. The normalized spacial score (nSPS) is 20.2. The van der Waals surface area contributed by atoms with Crippen LogP contribution in [0.15, 0.2) is 48.8 Å². The van der Waals surface area contributed by atoms with E-state index in [0.717, 1.165) is 50.8 Å². The van der Waals surface area contributed by atoms with Crippen molar-refractivity contribution in [2.45, 2.75) is 51.4 Å². The Morgan fingerprint density at radius 2 is 1.90 bits per heavy atom. The van der Waals surface area contributed by atoms with Crippen molar-refractivity contribution in [2.24, 2.45) is 18.4 Å². The van der Waals surface area contributed by atoms with Gasteiger partial charge in [-0.15, -0.1) is 10.2 Å². The van der Waals surface area contributed by atoms with E-state index in [-0.39, 0.29) is 29.0 Å². The second-order valence-electron chi connectivity index (χ2n) is 11.8. The standard InChI is InChI=1S/C22H22F3N3O.C8H13N3/c23-22(24,25)19-9-15(10-27-7-6-21(14-27)12-26-13-21)8-17-18(19)11-28(20(17)29)16-4-2-1-3-5-16;1-11-6-9-10-8(11)5-7-3-2-4-7/h1-5,8-9,26H,6-7,10-14H2;6-7H,2-5H2,1H3. The first kappa shape index (κ1) is 27.0. The molecule has 0 radical (unpaired) electrons. The van der Waals surface area contributed by atoms with E-state index < -0.39 is 11.7 Å². The maximum atomic E-state index is 13.8. The highest BCUT2D eigenvalue weighted by molar-refractivity contribution is 6.10. The lowest BCUT2D eigenvalue weighted by Crippen LogP contribution is -2.54. The molecule has 7 nitrogen and oxygen atoms in total. The quantitative estimate of drug-likeness (QED) is 0.492. The van der Waals surface area contributed by atoms with Gasteiger partial charge in [-0.25, -0.2) is 0 Å². The number of carbonyl (C=O) groups excluding carboxylic acids is 1. The van der Waals surface area contributed by atoms with E-state index in [0.29, 0.717) is 17.8 Å². The second-order valence-corrected chi connectivity index (χ2v) is 11.8. The zero-order valence-electron chi connectivity index (χ0n) is 22.8. The van der Waals surface area contributed by atoms with Crippen molar-refractivity contribution in [3.63, 3.8) is 0 Å². The Morgan fingerprint density at radius 3 is 2.48 bits per heavy atom. The summed E-state index contributed by atoms with van der Waals surface area (Å²) in [5.41, 5.74) is 1.03. The highest BCUT2D eigenvalue weighted by atomic mass is 19.4. The number of nitrogens with one attached hydrogen (secondary N) is 1. The summed E-state index contributed by atoms with van der Waals surface area (Å²) in [5.74, 6) is 1.66. The smallest absolute Gasteiger partial charge is 0.321 e. The number of hydrogen-bond acceptors (Lipinski definition) is 5. The van der Waals surface area contributed by atoms with Crippen LogP contribution in [0.1, 0.15) is 58.6 Å². The summed E-state index contributed by atoms with van der Waals surface area (Å²) in [6.07, 6.45) is 3.64. The van der Waals surface area contributed by atoms with Crippen LogP contribution in [0.4, 0.5) is 18.9 Å². The van der Waals surface area contributed by atoms with Gasteiger partial charge in [0.2, 0.25) is 0 Å². The number of benzene rings is 2. The zero-order valence-corrected chi connectivity index (χ0v) is 22.8. The number of alkyl halides is 3. The van der Waals surface area contributed by atoms with E-state index in [1.54, 1.807) is 36.7 Å². The highest BCUT2D eigenvalue weighted by Gasteiger charge is 2.44. The maximum absolute atomic E-state index is 13.8. The molecule has 0 unspecified atom stereocenters. The highest BCUT2D eigenvalue weighted by Crippen LogP contribution is 2.40. The van der Waals surface area contributed by atoms with Gasteiger partial charge in [0.05, 0.1) is 12.1 Å². The number of aryl methyl sites for hydroxylation is 1. The summed E-state index contributed by atoms with van der Waals surface area (Å²) < 4.78 is 43.5. The van der Waals surface area contributed by atoms with Crippen LogP contribution in [-0.2, 0) is 32.7 Å². The lowest BCUT2D eigenvalue weighted by molar-refractivity contribution is -0.138. The number of halogens is 3. The molecule has 1 saturated carbocycles. The number of anilines is 1. The SMILES string of the molecule is Cn1cnnc1CC1CCC1.O=C1c2cc(CN3CCC4(CNC4)C3)cc(C(F)(F)F)c2CN1c1ccccc1. The number of fused-ring (bicyclic) bond motifs is 1. The van der Waals surface area contributed by atoms with Crippen LogP contribution in [-0.4, -0.2) is 51.8 Å². The maximum Gasteiger partial charge on any atom is 0.416 e. The summed E-state index contributed by atoms with van der Waals surface area (Å²) in [6, 6.07) is 11.8. The molecule has 1 spiro atoms. The fourth-order valence-electron chi connectivity index (χ4n) is 6.26. The van der Waals surface area contributed by atoms with Gasteiger partial charge in [-0.3, -0.25) is 9.69 Å². The van der Waals surface area contributed by atoms with Crippen LogP contribution >= 0.6 is 0 Å². The molecule has 1 N–H and O–H groups in total. The molecule has 3 aliphatic heterocycles. The Morgan fingerprint density at radius 1 is 1.12 bits per heavy atom. The lowest BCUT2D eigenvalue weighted by Gasteiger charge is -2.39. The van der Waals surface area contributed by atoms with Crippen LogP contribution in [0.5, 0.6) is 0 Å². The van der Waals surface area contributed by atoms with Crippen LogP contribution < -0.4 is 10.2 Å². The van der Waals surface area contributed by atoms with Crippen molar-refractivity contribution in [3.8, 4) is 0 Å². The third-order valence-electron chi connectivity index (χ3n) is 8.90. The number of nitrogens with zero attached hydrogens (tertiary/aromatic N) is 5. The Labute approximate surface area is 232 Å². The molecule has 3 fully saturated rings. The van der Waals surface area contributed by atoms with E-state index in [2.05, 4.69) is 20.4 Å². The molecule has 1 amide bonds. The van der Waals surface area contributed by atoms with Crippen molar-refractivity contribution in [3.05, 3.63) is 76.9 Å². The van der Waals surface area contributed by atoms with E-state index >= 15 is 0 Å². The monoisotopic (exact) mass is 552 g/mol. The van der Waals surface area contributed by atoms with E-state index in [1.165, 1.54) is 30.2 Å². The minimum absolute atomic E-state index is 0.0498. The number of carbonyl (C=O) groups is 1. The molecule has 7 rings (SSSR count). The third-order valence-corrected chi connectivity index (χ3v) is 8.90. The predicted molar refractivity (Wildman–Crippen MR) is 146 cm³/mol. The molecule has 2 aromatic carbocycles. The van der Waals surface area contributed by atoms with Gasteiger partial charge in [-0.05, 0) is 54.3 Å². The summed E-state index contributed by atoms with van der Waals surface area (Å²) in [7, 11) is 2.01. The van der Waals surface area contributed by atoms with E-state index in [1.807, 2.05) is 17.7 Å². The Balaban J connectivity index is 0.000000219. The van der Waals surface area contributed by atoms with Crippen LogP contribution in [0.3, 0.4) is 0 Å². The van der Waals surface area contributed by atoms with E-state index in [4.69, 9.17) is 0 Å². The van der Waals surface area contributed by atoms with Crippen molar-refractivity contribution in [2.75, 3.05) is 31.1 Å². The van der Waals surface area contributed by atoms with Gasteiger partial charge in [-0.1, -0.05) is 37.5 Å². The molecule has 10 heteroatoms. The number of likely N-dealkylation sites (tertiary alicyclic amines) is 1.